The highest BCUT2D eigenvalue weighted by Crippen LogP contribution is 2.60. The molecule has 202 valence electrons. The van der Waals surface area contributed by atoms with Crippen molar-refractivity contribution >= 4 is 17.8 Å². The number of nitrogens with one attached hydrogen (secondary N) is 1. The van der Waals surface area contributed by atoms with Gasteiger partial charge in [-0.1, -0.05) is 13.8 Å². The third-order valence-electron chi connectivity index (χ3n) is 9.00. The van der Waals surface area contributed by atoms with Crippen molar-refractivity contribution in [2.75, 3.05) is 19.6 Å². The fourth-order valence-corrected chi connectivity index (χ4v) is 6.94. The van der Waals surface area contributed by atoms with Gasteiger partial charge >= 0.3 is 5.97 Å². The van der Waals surface area contributed by atoms with E-state index < -0.39 is 29.9 Å². The second-order valence-corrected chi connectivity index (χ2v) is 11.5. The van der Waals surface area contributed by atoms with Gasteiger partial charge in [0, 0.05) is 50.7 Å². The fourth-order valence-electron chi connectivity index (χ4n) is 6.94. The SMILES string of the molecule is C[C@H]1[C@H](OC(=O)CCC(=O)NCCCN2CCCC2=O)O[C@@H]2O[C@@]3(C)CC[C@@H]4[C@H](C)CC[C@@H]1[C@@]24OO3. The van der Waals surface area contributed by atoms with E-state index in [2.05, 4.69) is 12.2 Å². The maximum absolute atomic E-state index is 12.7. The maximum atomic E-state index is 12.7. The molecule has 8 atom stereocenters. The second-order valence-electron chi connectivity index (χ2n) is 11.5. The molecule has 0 unspecified atom stereocenters. The van der Waals surface area contributed by atoms with Crippen LogP contribution in [0.15, 0.2) is 0 Å². The van der Waals surface area contributed by atoms with E-state index >= 15 is 0 Å². The van der Waals surface area contributed by atoms with Crippen molar-refractivity contribution in [3.8, 4) is 0 Å². The highest BCUT2D eigenvalue weighted by atomic mass is 17.3. The number of rotatable bonds is 8. The Hall–Kier alpha value is -1.75. The van der Waals surface area contributed by atoms with E-state index in [0.717, 1.165) is 38.6 Å². The number of likely N-dealkylation sites (tertiary alicyclic amines) is 1. The molecular formula is C26H40N2O8. The lowest BCUT2D eigenvalue weighted by molar-refractivity contribution is -0.576. The van der Waals surface area contributed by atoms with Crippen molar-refractivity contribution in [3.63, 3.8) is 0 Å². The van der Waals surface area contributed by atoms with Gasteiger partial charge in [-0.2, -0.15) is 0 Å². The van der Waals surface area contributed by atoms with Gasteiger partial charge in [0.2, 0.25) is 23.9 Å². The molecule has 6 fully saturated rings. The molecule has 1 saturated carbocycles. The first-order valence-corrected chi connectivity index (χ1v) is 13.7. The molecule has 2 amide bonds. The summed E-state index contributed by atoms with van der Waals surface area (Å²) >= 11 is 0. The van der Waals surface area contributed by atoms with Crippen molar-refractivity contribution in [1.82, 2.24) is 10.2 Å². The number of carbonyl (C=O) groups excluding carboxylic acids is 3. The predicted molar refractivity (Wildman–Crippen MR) is 126 cm³/mol. The number of amides is 2. The number of hydrogen-bond acceptors (Lipinski definition) is 8. The van der Waals surface area contributed by atoms with Crippen LogP contribution in [-0.4, -0.2) is 66.3 Å². The predicted octanol–water partition coefficient (Wildman–Crippen LogP) is 2.65. The molecule has 5 saturated heterocycles. The van der Waals surface area contributed by atoms with Crippen LogP contribution in [0.3, 0.4) is 0 Å². The number of hydrogen-bond donors (Lipinski definition) is 1. The molecule has 5 heterocycles. The van der Waals surface area contributed by atoms with Crippen LogP contribution in [0.25, 0.3) is 0 Å². The van der Waals surface area contributed by atoms with E-state index in [-0.39, 0.29) is 42.4 Å². The summed E-state index contributed by atoms with van der Waals surface area (Å²) in [5.74, 6) is -0.694. The lowest BCUT2D eigenvalue weighted by Crippen LogP contribution is -2.70. The average molecular weight is 509 g/mol. The summed E-state index contributed by atoms with van der Waals surface area (Å²) in [7, 11) is 0. The van der Waals surface area contributed by atoms with Gasteiger partial charge in [0.1, 0.15) is 0 Å². The summed E-state index contributed by atoms with van der Waals surface area (Å²) in [6.07, 6.45) is 4.46. The number of nitrogens with zero attached hydrogens (tertiary/aromatic N) is 1. The topological polar surface area (TPSA) is 113 Å². The maximum Gasteiger partial charge on any atom is 0.308 e. The van der Waals surface area contributed by atoms with E-state index in [1.54, 1.807) is 0 Å². The minimum atomic E-state index is -0.882. The molecule has 1 N–H and O–H groups in total. The van der Waals surface area contributed by atoms with Crippen LogP contribution in [0.2, 0.25) is 0 Å². The molecule has 1 spiro atoms. The van der Waals surface area contributed by atoms with Gasteiger partial charge in [0.15, 0.2) is 11.9 Å². The van der Waals surface area contributed by atoms with Crippen LogP contribution >= 0.6 is 0 Å². The van der Waals surface area contributed by atoms with Crippen molar-refractivity contribution in [2.24, 2.45) is 23.7 Å². The molecule has 10 heteroatoms. The molecular weight excluding hydrogens is 468 g/mol. The van der Waals surface area contributed by atoms with E-state index in [0.29, 0.717) is 31.8 Å². The first kappa shape index (κ1) is 25.9. The molecule has 1 aliphatic carbocycles. The molecule has 2 bridgehead atoms. The standard InChI is InChI=1S/C26H40N2O8/c1-16-7-8-19-17(2)23(33-24-26(19)18(16)11-12-25(3,34-24)35-36-26)32-22(31)10-9-20(29)27-13-5-15-28-14-4-6-21(28)30/h16-19,23-24H,4-15H2,1-3H3,(H,27,29)/t16-,17-,18-,19+,23-,24-,25-,26-/m1/s1. The minimum absolute atomic E-state index is 0.0264. The van der Waals surface area contributed by atoms with Gasteiger partial charge in [-0.05, 0) is 50.9 Å². The lowest BCUT2D eigenvalue weighted by atomic mass is 9.58. The minimum Gasteiger partial charge on any atom is -0.435 e. The number of fused-ring (bicyclic) bond motifs is 2. The quantitative estimate of drug-likeness (QED) is 0.303. The van der Waals surface area contributed by atoms with E-state index in [4.69, 9.17) is 24.0 Å². The van der Waals surface area contributed by atoms with Gasteiger partial charge < -0.3 is 24.4 Å². The average Bonchev–Trinajstić information content (AvgIpc) is 3.12. The summed E-state index contributed by atoms with van der Waals surface area (Å²) in [6.45, 7) is 8.07. The Bertz CT molecular complexity index is 869. The van der Waals surface area contributed by atoms with Crippen molar-refractivity contribution < 1.29 is 38.4 Å². The zero-order chi connectivity index (χ0) is 25.5. The zero-order valence-electron chi connectivity index (χ0n) is 21.7. The molecule has 0 aromatic carbocycles. The fraction of sp³-hybridized carbons (Fsp3) is 0.885. The summed E-state index contributed by atoms with van der Waals surface area (Å²) in [4.78, 5) is 50.2. The van der Waals surface area contributed by atoms with Crippen LogP contribution in [0.1, 0.15) is 78.6 Å². The van der Waals surface area contributed by atoms with E-state index in [9.17, 15) is 14.4 Å². The van der Waals surface area contributed by atoms with Crippen molar-refractivity contribution in [1.29, 1.82) is 0 Å². The number of ether oxygens (including phenoxy) is 3. The molecule has 0 aromatic heterocycles. The largest absolute Gasteiger partial charge is 0.435 e. The number of carbonyl (C=O) groups is 3. The van der Waals surface area contributed by atoms with Gasteiger partial charge in [-0.25, -0.2) is 9.78 Å². The first-order valence-electron chi connectivity index (χ1n) is 13.7. The van der Waals surface area contributed by atoms with Crippen LogP contribution in [0.5, 0.6) is 0 Å². The smallest absolute Gasteiger partial charge is 0.308 e. The lowest BCUT2D eigenvalue weighted by Gasteiger charge is -2.59. The second kappa shape index (κ2) is 10.2. The third-order valence-corrected chi connectivity index (χ3v) is 9.00. The van der Waals surface area contributed by atoms with E-state index in [1.807, 2.05) is 18.7 Å². The Kier molecular flexibility index (Phi) is 7.33. The summed E-state index contributed by atoms with van der Waals surface area (Å²) in [5, 5.41) is 2.82. The Labute approximate surface area is 212 Å². The molecule has 10 nitrogen and oxygen atoms in total. The van der Waals surface area contributed by atoms with Gasteiger partial charge in [0.05, 0.1) is 6.42 Å². The van der Waals surface area contributed by atoms with Crippen LogP contribution in [0, 0.1) is 23.7 Å². The highest BCUT2D eigenvalue weighted by Gasteiger charge is 2.69. The molecule has 5 aliphatic heterocycles. The number of esters is 1. The summed E-state index contributed by atoms with van der Waals surface area (Å²) in [5.41, 5.74) is -0.699. The normalized spacial score (nSPS) is 41.5. The Morgan fingerprint density at radius 2 is 1.97 bits per heavy atom. The van der Waals surface area contributed by atoms with Gasteiger partial charge in [0.25, 0.3) is 0 Å². The van der Waals surface area contributed by atoms with Crippen LogP contribution in [-0.2, 0) is 38.4 Å². The summed E-state index contributed by atoms with van der Waals surface area (Å²) in [6, 6.07) is 0. The Morgan fingerprint density at radius 3 is 2.75 bits per heavy atom. The molecule has 36 heavy (non-hydrogen) atoms. The third kappa shape index (κ3) is 4.77. The highest BCUT2D eigenvalue weighted by molar-refractivity contribution is 5.81. The van der Waals surface area contributed by atoms with Crippen LogP contribution < -0.4 is 5.32 Å². The molecule has 6 rings (SSSR count). The molecule has 6 aliphatic rings. The molecule has 0 aromatic rings. The van der Waals surface area contributed by atoms with Gasteiger partial charge in [-0.3, -0.25) is 14.4 Å². The van der Waals surface area contributed by atoms with E-state index in [1.165, 1.54) is 0 Å². The Balaban J connectivity index is 1.12. The monoisotopic (exact) mass is 508 g/mol. The Morgan fingerprint density at radius 1 is 1.14 bits per heavy atom. The van der Waals surface area contributed by atoms with Crippen LogP contribution in [0.4, 0.5) is 0 Å². The molecule has 0 radical (unpaired) electrons. The van der Waals surface area contributed by atoms with Crippen molar-refractivity contribution in [2.45, 2.75) is 103 Å². The zero-order valence-corrected chi connectivity index (χ0v) is 21.7. The van der Waals surface area contributed by atoms with Crippen molar-refractivity contribution in [3.05, 3.63) is 0 Å². The first-order chi connectivity index (χ1) is 17.2. The summed E-state index contributed by atoms with van der Waals surface area (Å²) < 4.78 is 18.3. The van der Waals surface area contributed by atoms with Gasteiger partial charge in [-0.15, -0.1) is 0 Å².